The van der Waals surface area contributed by atoms with Gasteiger partial charge in [0.25, 0.3) is 0 Å². The molecule has 12 heavy (non-hydrogen) atoms. The van der Waals surface area contributed by atoms with Crippen LogP contribution in [0.1, 0.15) is 53.9 Å². The summed E-state index contributed by atoms with van der Waals surface area (Å²) in [5.41, 5.74) is 6.36. The van der Waals surface area contributed by atoms with E-state index in [1.807, 2.05) is 0 Å². The van der Waals surface area contributed by atoms with Gasteiger partial charge in [0.1, 0.15) is 0 Å². The van der Waals surface area contributed by atoms with Gasteiger partial charge in [-0.3, -0.25) is 0 Å². The monoisotopic (exact) mass is 171 g/mol. The lowest BCUT2D eigenvalue weighted by molar-refractivity contribution is 0.259. The molecule has 0 amide bonds. The molecule has 0 aliphatic carbocycles. The van der Waals surface area contributed by atoms with Gasteiger partial charge in [-0.05, 0) is 31.1 Å². The third-order valence-electron chi connectivity index (χ3n) is 3.00. The van der Waals surface area contributed by atoms with Gasteiger partial charge in [0, 0.05) is 5.54 Å². The van der Waals surface area contributed by atoms with Gasteiger partial charge in [0.2, 0.25) is 0 Å². The number of nitrogens with two attached hydrogens (primary N) is 1. The minimum Gasteiger partial charge on any atom is -0.325 e. The van der Waals surface area contributed by atoms with Crippen LogP contribution in [0.5, 0.6) is 0 Å². The first-order valence-corrected chi connectivity index (χ1v) is 5.21. The maximum Gasteiger partial charge on any atom is 0.0175 e. The highest BCUT2D eigenvalue weighted by Gasteiger charge is 2.26. The van der Waals surface area contributed by atoms with Crippen molar-refractivity contribution in [2.24, 2.45) is 17.6 Å². The van der Waals surface area contributed by atoms with Gasteiger partial charge in [0.15, 0.2) is 0 Å². The number of hydrogen-bond donors (Lipinski definition) is 1. The molecular weight excluding hydrogens is 146 g/mol. The van der Waals surface area contributed by atoms with Gasteiger partial charge in [0.05, 0.1) is 0 Å². The van der Waals surface area contributed by atoms with Gasteiger partial charge in [-0.15, -0.1) is 0 Å². The van der Waals surface area contributed by atoms with Crippen LogP contribution in [0.2, 0.25) is 0 Å². The predicted octanol–water partition coefficient (Wildman–Crippen LogP) is 3.19. The molecule has 0 aromatic heterocycles. The van der Waals surface area contributed by atoms with Crippen LogP contribution in [-0.2, 0) is 0 Å². The molecule has 0 spiro atoms. The van der Waals surface area contributed by atoms with Crippen LogP contribution < -0.4 is 5.73 Å². The van der Waals surface area contributed by atoms with Crippen molar-refractivity contribution < 1.29 is 0 Å². The fourth-order valence-electron chi connectivity index (χ4n) is 1.43. The van der Waals surface area contributed by atoms with E-state index in [4.69, 9.17) is 5.73 Å². The molecular formula is C11H25N. The molecule has 1 unspecified atom stereocenters. The first-order chi connectivity index (χ1) is 5.42. The van der Waals surface area contributed by atoms with Crippen molar-refractivity contribution in [3.8, 4) is 0 Å². The van der Waals surface area contributed by atoms with Crippen LogP contribution in [0.15, 0.2) is 0 Å². The third-order valence-corrected chi connectivity index (χ3v) is 3.00. The normalized spacial score (nSPS) is 17.0. The van der Waals surface area contributed by atoms with Crippen LogP contribution in [0.25, 0.3) is 0 Å². The molecule has 0 bridgehead atoms. The SMILES string of the molecule is CCC(N)(CCC(C)C)C(C)C. The largest absolute Gasteiger partial charge is 0.325 e. The quantitative estimate of drug-likeness (QED) is 0.675. The summed E-state index contributed by atoms with van der Waals surface area (Å²) in [5, 5.41) is 0. The lowest BCUT2D eigenvalue weighted by atomic mass is 9.80. The van der Waals surface area contributed by atoms with E-state index < -0.39 is 0 Å². The minimum atomic E-state index is 0.0737. The Morgan fingerprint density at radius 1 is 1.17 bits per heavy atom. The van der Waals surface area contributed by atoms with Crippen molar-refractivity contribution in [3.63, 3.8) is 0 Å². The molecule has 74 valence electrons. The molecule has 0 fully saturated rings. The van der Waals surface area contributed by atoms with Crippen molar-refractivity contribution in [1.29, 1.82) is 0 Å². The maximum atomic E-state index is 6.29. The summed E-state index contributed by atoms with van der Waals surface area (Å²) in [5.74, 6) is 1.37. The Morgan fingerprint density at radius 3 is 1.92 bits per heavy atom. The number of hydrogen-bond acceptors (Lipinski definition) is 1. The van der Waals surface area contributed by atoms with Gasteiger partial charge in [-0.1, -0.05) is 34.6 Å². The summed E-state index contributed by atoms with van der Waals surface area (Å²) in [4.78, 5) is 0. The van der Waals surface area contributed by atoms with Crippen molar-refractivity contribution in [3.05, 3.63) is 0 Å². The Morgan fingerprint density at radius 2 is 1.67 bits per heavy atom. The maximum absolute atomic E-state index is 6.29. The van der Waals surface area contributed by atoms with Crippen molar-refractivity contribution >= 4 is 0 Å². The summed E-state index contributed by atoms with van der Waals surface area (Å²) in [6.07, 6.45) is 3.51. The summed E-state index contributed by atoms with van der Waals surface area (Å²) in [6.45, 7) is 11.2. The highest BCUT2D eigenvalue weighted by atomic mass is 14.7. The minimum absolute atomic E-state index is 0.0737. The fraction of sp³-hybridized carbons (Fsp3) is 1.00. The Kier molecular flexibility index (Phi) is 4.84. The summed E-state index contributed by atoms with van der Waals surface area (Å²) >= 11 is 0. The lowest BCUT2D eigenvalue weighted by Crippen LogP contribution is -2.44. The molecule has 0 saturated heterocycles. The third kappa shape index (κ3) is 3.57. The molecule has 0 aromatic carbocycles. The Balaban J connectivity index is 3.97. The van der Waals surface area contributed by atoms with E-state index in [1.54, 1.807) is 0 Å². The van der Waals surface area contributed by atoms with Crippen LogP contribution in [0.3, 0.4) is 0 Å². The molecule has 0 aromatic rings. The van der Waals surface area contributed by atoms with E-state index in [-0.39, 0.29) is 5.54 Å². The molecule has 0 heterocycles. The molecule has 0 radical (unpaired) electrons. The van der Waals surface area contributed by atoms with Crippen LogP contribution in [0.4, 0.5) is 0 Å². The second kappa shape index (κ2) is 4.86. The van der Waals surface area contributed by atoms with Crippen molar-refractivity contribution in [2.75, 3.05) is 0 Å². The zero-order chi connectivity index (χ0) is 9.78. The van der Waals surface area contributed by atoms with Crippen molar-refractivity contribution in [2.45, 2.75) is 59.4 Å². The average molecular weight is 171 g/mol. The standard InChI is InChI=1S/C11H25N/c1-6-11(12,10(4)5)8-7-9(2)3/h9-10H,6-8,12H2,1-5H3. The van der Waals surface area contributed by atoms with E-state index in [2.05, 4.69) is 34.6 Å². The van der Waals surface area contributed by atoms with Gasteiger partial charge in [-0.2, -0.15) is 0 Å². The highest BCUT2D eigenvalue weighted by molar-refractivity contribution is 4.85. The topological polar surface area (TPSA) is 26.0 Å². The van der Waals surface area contributed by atoms with Crippen LogP contribution in [-0.4, -0.2) is 5.54 Å². The summed E-state index contributed by atoms with van der Waals surface area (Å²) in [7, 11) is 0. The fourth-order valence-corrected chi connectivity index (χ4v) is 1.43. The summed E-state index contributed by atoms with van der Waals surface area (Å²) in [6, 6.07) is 0. The first-order valence-electron chi connectivity index (χ1n) is 5.21. The Labute approximate surface area is 77.7 Å². The zero-order valence-electron chi connectivity index (χ0n) is 9.35. The van der Waals surface area contributed by atoms with Crippen molar-refractivity contribution in [1.82, 2.24) is 0 Å². The van der Waals surface area contributed by atoms with Gasteiger partial charge < -0.3 is 5.73 Å². The molecule has 0 aliphatic rings. The zero-order valence-corrected chi connectivity index (χ0v) is 9.35. The van der Waals surface area contributed by atoms with Gasteiger partial charge in [-0.25, -0.2) is 0 Å². The molecule has 1 heteroatoms. The van der Waals surface area contributed by atoms with E-state index in [9.17, 15) is 0 Å². The molecule has 1 atom stereocenters. The molecule has 0 aliphatic heterocycles. The lowest BCUT2D eigenvalue weighted by Gasteiger charge is -2.33. The van der Waals surface area contributed by atoms with E-state index in [1.165, 1.54) is 12.8 Å². The predicted molar refractivity (Wildman–Crippen MR) is 56.1 cm³/mol. The van der Waals surface area contributed by atoms with Crippen LogP contribution in [0, 0.1) is 11.8 Å². The summed E-state index contributed by atoms with van der Waals surface area (Å²) < 4.78 is 0. The van der Waals surface area contributed by atoms with E-state index in [0.29, 0.717) is 5.92 Å². The highest BCUT2D eigenvalue weighted by Crippen LogP contribution is 2.25. The second-order valence-electron chi connectivity index (χ2n) is 4.67. The molecule has 2 N–H and O–H groups in total. The average Bonchev–Trinajstić information content (AvgIpc) is 1.99. The Bertz CT molecular complexity index is 118. The smallest absolute Gasteiger partial charge is 0.0175 e. The molecule has 1 nitrogen and oxygen atoms in total. The van der Waals surface area contributed by atoms with E-state index in [0.717, 1.165) is 12.3 Å². The van der Waals surface area contributed by atoms with E-state index >= 15 is 0 Å². The number of rotatable bonds is 5. The van der Waals surface area contributed by atoms with Gasteiger partial charge >= 0.3 is 0 Å². The Hall–Kier alpha value is -0.0400. The molecule has 0 saturated carbocycles. The first kappa shape index (κ1) is 12.0. The van der Waals surface area contributed by atoms with Crippen LogP contribution >= 0.6 is 0 Å². The molecule has 0 rings (SSSR count). The second-order valence-corrected chi connectivity index (χ2v) is 4.67.